The lowest BCUT2D eigenvalue weighted by Gasteiger charge is -2.06. The van der Waals surface area contributed by atoms with E-state index in [4.69, 9.17) is 4.52 Å². The summed E-state index contributed by atoms with van der Waals surface area (Å²) in [4.78, 5) is 0. The maximum Gasteiger partial charge on any atom is 0.258 e. The number of sulfonamides is 1. The van der Waals surface area contributed by atoms with Crippen LogP contribution in [0.1, 0.15) is 30.4 Å². The summed E-state index contributed by atoms with van der Waals surface area (Å²) < 4.78 is 31.9. The van der Waals surface area contributed by atoms with Crippen molar-refractivity contribution in [3.05, 3.63) is 29.3 Å². The maximum absolute atomic E-state index is 12.3. The van der Waals surface area contributed by atoms with Crippen molar-refractivity contribution in [2.45, 2.75) is 38.4 Å². The first kappa shape index (κ1) is 15.7. The van der Waals surface area contributed by atoms with Crippen molar-refractivity contribution in [3.8, 4) is 0 Å². The summed E-state index contributed by atoms with van der Waals surface area (Å²) in [5.74, 6) is 0.459. The Labute approximate surface area is 123 Å². The van der Waals surface area contributed by atoms with E-state index in [1.54, 1.807) is 13.0 Å². The molecule has 0 unspecified atom stereocenters. The van der Waals surface area contributed by atoms with Crippen molar-refractivity contribution in [1.29, 1.82) is 0 Å². The Morgan fingerprint density at radius 2 is 2.19 bits per heavy atom. The topological polar surface area (TPSA) is 113 Å². The van der Waals surface area contributed by atoms with Gasteiger partial charge in [-0.25, -0.2) is 13.1 Å². The van der Waals surface area contributed by atoms with Crippen LogP contribution in [-0.4, -0.2) is 30.3 Å². The molecule has 0 aliphatic carbocycles. The minimum Gasteiger partial charge on any atom is -0.360 e. The number of hydrogen-bond donors (Lipinski definition) is 3. The van der Waals surface area contributed by atoms with Gasteiger partial charge in [0.2, 0.25) is 0 Å². The molecule has 9 heteroatoms. The van der Waals surface area contributed by atoms with Gasteiger partial charge >= 0.3 is 0 Å². The van der Waals surface area contributed by atoms with Gasteiger partial charge in [0, 0.05) is 18.2 Å². The molecule has 0 amide bonds. The number of aromatic nitrogens is 3. The molecule has 0 aromatic carbocycles. The van der Waals surface area contributed by atoms with Gasteiger partial charge in [-0.1, -0.05) is 12.1 Å². The van der Waals surface area contributed by atoms with E-state index in [0.717, 1.165) is 13.0 Å². The number of rotatable bonds is 8. The lowest BCUT2D eigenvalue weighted by molar-refractivity contribution is 0.377. The molecular formula is C12H19N5O3S. The highest BCUT2D eigenvalue weighted by Gasteiger charge is 2.21. The molecule has 0 radical (unpaired) electrons. The molecule has 0 fully saturated rings. The van der Waals surface area contributed by atoms with Crippen molar-refractivity contribution in [2.24, 2.45) is 0 Å². The van der Waals surface area contributed by atoms with Gasteiger partial charge in [0.25, 0.3) is 10.0 Å². The highest BCUT2D eigenvalue weighted by atomic mass is 32.2. The first-order valence-electron chi connectivity index (χ1n) is 6.67. The first-order valence-corrected chi connectivity index (χ1v) is 8.16. The fourth-order valence-electron chi connectivity index (χ4n) is 1.80. The van der Waals surface area contributed by atoms with E-state index < -0.39 is 10.0 Å². The lowest BCUT2D eigenvalue weighted by Crippen LogP contribution is -2.25. The summed E-state index contributed by atoms with van der Waals surface area (Å²) in [6.45, 7) is 5.12. The Kier molecular flexibility index (Phi) is 5.10. The van der Waals surface area contributed by atoms with Crippen LogP contribution in [0.3, 0.4) is 0 Å². The molecule has 0 saturated heterocycles. The average Bonchev–Trinajstić information content (AvgIpc) is 3.06. The Bertz CT molecular complexity index is 677. The zero-order chi connectivity index (χ0) is 15.3. The van der Waals surface area contributed by atoms with Gasteiger partial charge in [-0.15, -0.1) is 0 Å². The molecule has 0 aliphatic rings. The summed E-state index contributed by atoms with van der Waals surface area (Å²) in [5, 5.41) is 13.3. The smallest absolute Gasteiger partial charge is 0.258 e. The second-order valence-corrected chi connectivity index (χ2v) is 6.36. The average molecular weight is 313 g/mol. The van der Waals surface area contributed by atoms with Crippen LogP contribution >= 0.6 is 0 Å². The molecule has 2 aromatic rings. The van der Waals surface area contributed by atoms with Gasteiger partial charge in [0.1, 0.15) is 0 Å². The van der Waals surface area contributed by atoms with Crippen LogP contribution in [-0.2, 0) is 23.1 Å². The molecule has 0 atom stereocenters. The van der Waals surface area contributed by atoms with E-state index in [-0.39, 0.29) is 11.6 Å². The zero-order valence-corrected chi connectivity index (χ0v) is 12.8. The van der Waals surface area contributed by atoms with E-state index in [1.165, 1.54) is 6.20 Å². The summed E-state index contributed by atoms with van der Waals surface area (Å²) in [6, 6.07) is 1.68. The second kappa shape index (κ2) is 6.83. The lowest BCUT2D eigenvalue weighted by atomic mass is 10.3. The minimum atomic E-state index is -3.67. The number of nitrogens with zero attached hydrogens (tertiary/aromatic N) is 2. The number of hydrogen-bond acceptors (Lipinski definition) is 6. The minimum absolute atomic E-state index is 0.0457. The highest BCUT2D eigenvalue weighted by molar-refractivity contribution is 7.89. The third kappa shape index (κ3) is 4.13. The van der Waals surface area contributed by atoms with Gasteiger partial charge in [-0.3, -0.25) is 5.10 Å². The van der Waals surface area contributed by atoms with Crippen molar-refractivity contribution < 1.29 is 12.9 Å². The number of H-pyrrole nitrogens is 1. The van der Waals surface area contributed by atoms with Crippen molar-refractivity contribution in [1.82, 2.24) is 25.4 Å². The number of nitrogens with one attached hydrogen (secondary N) is 3. The van der Waals surface area contributed by atoms with Gasteiger partial charge < -0.3 is 9.84 Å². The van der Waals surface area contributed by atoms with E-state index in [2.05, 4.69) is 25.4 Å². The molecule has 2 rings (SSSR count). The van der Waals surface area contributed by atoms with Crippen molar-refractivity contribution in [3.63, 3.8) is 0 Å². The van der Waals surface area contributed by atoms with Gasteiger partial charge in [-0.05, 0) is 19.9 Å². The maximum atomic E-state index is 12.3. The predicted molar refractivity (Wildman–Crippen MR) is 75.9 cm³/mol. The van der Waals surface area contributed by atoms with E-state index in [1.807, 2.05) is 6.92 Å². The molecular weight excluding hydrogens is 294 g/mol. The van der Waals surface area contributed by atoms with Crippen LogP contribution in [0.25, 0.3) is 0 Å². The standard InChI is InChI=1S/C12H19N5O3S/c1-3-4-13-6-10-7-14-16-12(10)21(18,19)15-8-11-5-9(2)17-20-11/h5,7,13,15H,3-4,6,8H2,1-2H3,(H,14,16). The highest BCUT2D eigenvalue weighted by Crippen LogP contribution is 2.12. The van der Waals surface area contributed by atoms with Crippen LogP contribution in [0.4, 0.5) is 0 Å². The molecule has 0 bridgehead atoms. The van der Waals surface area contributed by atoms with E-state index in [0.29, 0.717) is 23.6 Å². The Balaban J connectivity index is 2.03. The van der Waals surface area contributed by atoms with E-state index in [9.17, 15) is 8.42 Å². The second-order valence-electron chi connectivity index (χ2n) is 4.66. The van der Waals surface area contributed by atoms with Crippen LogP contribution in [0, 0.1) is 6.92 Å². The Hall–Kier alpha value is -1.71. The molecule has 21 heavy (non-hydrogen) atoms. The molecule has 0 aliphatic heterocycles. The van der Waals surface area contributed by atoms with Crippen LogP contribution in [0.15, 0.2) is 21.8 Å². The Morgan fingerprint density at radius 3 is 2.86 bits per heavy atom. The molecule has 0 spiro atoms. The molecule has 116 valence electrons. The summed E-state index contributed by atoms with van der Waals surface area (Å²) >= 11 is 0. The summed E-state index contributed by atoms with van der Waals surface area (Å²) in [7, 11) is -3.67. The van der Waals surface area contributed by atoms with Crippen LogP contribution < -0.4 is 10.0 Å². The third-order valence-corrected chi connectivity index (χ3v) is 4.22. The fourth-order valence-corrected chi connectivity index (χ4v) is 2.92. The van der Waals surface area contributed by atoms with Gasteiger partial charge in [-0.2, -0.15) is 5.10 Å². The molecule has 0 saturated carbocycles. The van der Waals surface area contributed by atoms with Crippen molar-refractivity contribution in [2.75, 3.05) is 6.54 Å². The molecule has 2 aromatic heterocycles. The number of aryl methyl sites for hydroxylation is 1. The summed E-state index contributed by atoms with van der Waals surface area (Å²) in [6.07, 6.45) is 2.48. The van der Waals surface area contributed by atoms with Gasteiger partial charge in [0.05, 0.1) is 18.4 Å². The third-order valence-electron chi connectivity index (χ3n) is 2.80. The fraction of sp³-hybridized carbons (Fsp3) is 0.500. The van der Waals surface area contributed by atoms with Crippen LogP contribution in [0.2, 0.25) is 0 Å². The first-order chi connectivity index (χ1) is 10.0. The van der Waals surface area contributed by atoms with Gasteiger partial charge in [0.15, 0.2) is 10.8 Å². The molecule has 3 N–H and O–H groups in total. The zero-order valence-electron chi connectivity index (χ0n) is 12.0. The largest absolute Gasteiger partial charge is 0.360 e. The molecule has 8 nitrogen and oxygen atoms in total. The number of aromatic amines is 1. The Morgan fingerprint density at radius 1 is 1.38 bits per heavy atom. The van der Waals surface area contributed by atoms with E-state index >= 15 is 0 Å². The monoisotopic (exact) mass is 313 g/mol. The van der Waals surface area contributed by atoms with Crippen LogP contribution in [0.5, 0.6) is 0 Å². The SMILES string of the molecule is CCCNCc1cn[nH]c1S(=O)(=O)NCc1cc(C)no1. The summed E-state index contributed by atoms with van der Waals surface area (Å²) in [5.41, 5.74) is 1.31. The normalized spacial score (nSPS) is 11.9. The predicted octanol–water partition coefficient (Wildman–Crippen LogP) is 0.684. The van der Waals surface area contributed by atoms with Crippen molar-refractivity contribution >= 4 is 10.0 Å². The quantitative estimate of drug-likeness (QED) is 0.618. The molecule has 2 heterocycles.